The topological polar surface area (TPSA) is 71.3 Å². The quantitative estimate of drug-likeness (QED) is 0.899. The summed E-state index contributed by atoms with van der Waals surface area (Å²) in [6.45, 7) is 4.52. The smallest absolute Gasteiger partial charge is 0.226 e. The van der Waals surface area contributed by atoms with Gasteiger partial charge in [0.25, 0.3) is 0 Å². The molecule has 7 heteroatoms. The Morgan fingerprint density at radius 2 is 2.21 bits per heavy atom. The largest absolute Gasteiger partial charge is 0.340 e. The summed E-state index contributed by atoms with van der Waals surface area (Å²) in [5, 5.41) is 7.99. The second-order valence-electron chi connectivity index (χ2n) is 6.07. The van der Waals surface area contributed by atoms with Crippen LogP contribution in [-0.4, -0.2) is 46.6 Å². The van der Waals surface area contributed by atoms with Gasteiger partial charge in [-0.25, -0.2) is 0 Å². The van der Waals surface area contributed by atoms with Crippen molar-refractivity contribution in [3.05, 3.63) is 35.2 Å². The molecule has 1 N–H and O–H groups in total. The molecular formula is C17H21ClN4O2. The third-order valence-corrected chi connectivity index (χ3v) is 4.33. The molecule has 1 fully saturated rings. The molecule has 1 aliphatic rings. The number of nitrogens with zero attached hydrogens (tertiary/aromatic N) is 3. The van der Waals surface area contributed by atoms with Gasteiger partial charge in [-0.1, -0.05) is 16.8 Å². The number of hydrogen-bond donors (Lipinski definition) is 1. The lowest BCUT2D eigenvalue weighted by Gasteiger charge is -2.31. The second-order valence-corrected chi connectivity index (χ2v) is 6.50. The molecule has 3 rings (SSSR count). The highest BCUT2D eigenvalue weighted by Gasteiger charge is 2.20. The average Bonchev–Trinajstić information content (AvgIpc) is 3.04. The van der Waals surface area contributed by atoms with E-state index < -0.39 is 0 Å². The minimum absolute atomic E-state index is 0.195. The average molecular weight is 349 g/mol. The zero-order valence-corrected chi connectivity index (χ0v) is 14.4. The van der Waals surface area contributed by atoms with Crippen molar-refractivity contribution in [3.63, 3.8) is 0 Å². The van der Waals surface area contributed by atoms with E-state index >= 15 is 0 Å². The van der Waals surface area contributed by atoms with Crippen molar-refractivity contribution in [1.29, 1.82) is 0 Å². The fourth-order valence-corrected chi connectivity index (χ4v) is 2.91. The molecule has 1 aromatic heterocycles. The summed E-state index contributed by atoms with van der Waals surface area (Å²) < 4.78 is 5.26. The van der Waals surface area contributed by atoms with Crippen LogP contribution >= 0.6 is 11.6 Å². The molecular weight excluding hydrogens is 328 g/mol. The van der Waals surface area contributed by atoms with Crippen molar-refractivity contribution in [2.45, 2.75) is 32.2 Å². The Morgan fingerprint density at radius 1 is 1.42 bits per heavy atom. The molecule has 1 atom stereocenters. The Balaban J connectivity index is 1.49. The molecule has 2 heterocycles. The predicted octanol–water partition coefficient (Wildman–Crippen LogP) is 2.53. The van der Waals surface area contributed by atoms with E-state index in [1.54, 1.807) is 12.1 Å². The van der Waals surface area contributed by atoms with Crippen molar-refractivity contribution in [2.75, 3.05) is 19.6 Å². The summed E-state index contributed by atoms with van der Waals surface area (Å²) in [7, 11) is 0. The molecule has 0 radical (unpaired) electrons. The zero-order chi connectivity index (χ0) is 16.9. The van der Waals surface area contributed by atoms with E-state index in [1.165, 1.54) is 0 Å². The van der Waals surface area contributed by atoms with Crippen molar-refractivity contribution in [1.82, 2.24) is 20.4 Å². The molecule has 0 spiro atoms. The Bertz CT molecular complexity index is 686. The van der Waals surface area contributed by atoms with Crippen LogP contribution in [0.15, 0.2) is 28.8 Å². The summed E-state index contributed by atoms with van der Waals surface area (Å²) in [5.74, 6) is 1.30. The Hall–Kier alpha value is -1.92. The lowest BCUT2D eigenvalue weighted by Crippen LogP contribution is -2.51. The lowest BCUT2D eigenvalue weighted by atomic mass is 10.2. The minimum Gasteiger partial charge on any atom is -0.340 e. The van der Waals surface area contributed by atoms with Gasteiger partial charge in [0.2, 0.25) is 17.6 Å². The van der Waals surface area contributed by atoms with E-state index in [-0.39, 0.29) is 5.91 Å². The summed E-state index contributed by atoms with van der Waals surface area (Å²) in [6.07, 6.45) is 1.82. The normalized spacial score (nSPS) is 17.9. The number of aryl methyl sites for hydroxylation is 1. The van der Waals surface area contributed by atoms with Gasteiger partial charge in [-0.3, -0.25) is 4.79 Å². The number of carbonyl (C=O) groups excluding carboxylic acids is 1. The first-order valence-corrected chi connectivity index (χ1v) is 8.59. The van der Waals surface area contributed by atoms with Crippen LogP contribution in [0.3, 0.4) is 0 Å². The van der Waals surface area contributed by atoms with Crippen LogP contribution in [0.5, 0.6) is 0 Å². The molecule has 1 aromatic carbocycles. The van der Waals surface area contributed by atoms with E-state index in [0.29, 0.717) is 42.0 Å². The maximum Gasteiger partial charge on any atom is 0.226 e. The second kappa shape index (κ2) is 7.77. The van der Waals surface area contributed by atoms with Crippen molar-refractivity contribution >= 4 is 17.5 Å². The maximum atomic E-state index is 12.2. The van der Waals surface area contributed by atoms with Crippen LogP contribution in [0.1, 0.15) is 25.7 Å². The van der Waals surface area contributed by atoms with E-state index in [2.05, 4.69) is 22.4 Å². The predicted molar refractivity (Wildman–Crippen MR) is 91.7 cm³/mol. The highest BCUT2D eigenvalue weighted by Crippen LogP contribution is 2.19. The van der Waals surface area contributed by atoms with Gasteiger partial charge in [-0.2, -0.15) is 4.98 Å². The summed E-state index contributed by atoms with van der Waals surface area (Å²) in [5.41, 5.74) is 0.861. The SMILES string of the molecule is CC1CN(C(=O)CCCc2nc(-c3ccc(Cl)cc3)no2)CCN1. The van der Waals surface area contributed by atoms with Gasteiger partial charge in [-0.05, 0) is 37.6 Å². The van der Waals surface area contributed by atoms with Crippen LogP contribution in [0, 0.1) is 0 Å². The molecule has 0 saturated carbocycles. The Kier molecular flexibility index (Phi) is 5.48. The number of carbonyl (C=O) groups is 1. The van der Waals surface area contributed by atoms with Gasteiger partial charge in [0.05, 0.1) is 0 Å². The van der Waals surface area contributed by atoms with Crippen molar-refractivity contribution in [3.8, 4) is 11.4 Å². The van der Waals surface area contributed by atoms with Gasteiger partial charge < -0.3 is 14.7 Å². The van der Waals surface area contributed by atoms with Crippen LogP contribution in [0.2, 0.25) is 5.02 Å². The fraction of sp³-hybridized carbons (Fsp3) is 0.471. The number of amides is 1. The van der Waals surface area contributed by atoms with E-state index in [0.717, 1.165) is 25.2 Å². The summed E-state index contributed by atoms with van der Waals surface area (Å²) >= 11 is 5.87. The molecule has 1 amide bonds. The number of halogens is 1. The van der Waals surface area contributed by atoms with Gasteiger partial charge in [0, 0.05) is 49.1 Å². The van der Waals surface area contributed by atoms with Gasteiger partial charge in [0.1, 0.15) is 0 Å². The summed E-state index contributed by atoms with van der Waals surface area (Å²) in [6, 6.07) is 7.65. The van der Waals surface area contributed by atoms with Crippen molar-refractivity contribution < 1.29 is 9.32 Å². The highest BCUT2D eigenvalue weighted by atomic mass is 35.5. The number of hydrogen-bond acceptors (Lipinski definition) is 5. The third-order valence-electron chi connectivity index (χ3n) is 4.07. The number of nitrogens with one attached hydrogen (secondary N) is 1. The first-order chi connectivity index (χ1) is 11.6. The van der Waals surface area contributed by atoms with Crippen molar-refractivity contribution in [2.24, 2.45) is 0 Å². The van der Waals surface area contributed by atoms with E-state index in [9.17, 15) is 4.79 Å². The fourth-order valence-electron chi connectivity index (χ4n) is 2.78. The first kappa shape index (κ1) is 16.9. The molecule has 1 unspecified atom stereocenters. The molecule has 0 bridgehead atoms. The number of aromatic nitrogens is 2. The highest BCUT2D eigenvalue weighted by molar-refractivity contribution is 6.30. The molecule has 1 saturated heterocycles. The Morgan fingerprint density at radius 3 is 2.96 bits per heavy atom. The minimum atomic E-state index is 0.195. The van der Waals surface area contributed by atoms with Crippen LogP contribution in [0.4, 0.5) is 0 Å². The maximum absolute atomic E-state index is 12.2. The van der Waals surface area contributed by atoms with E-state index in [4.69, 9.17) is 16.1 Å². The third kappa shape index (κ3) is 4.33. The number of piperazine rings is 1. The van der Waals surface area contributed by atoms with Crippen LogP contribution in [0.25, 0.3) is 11.4 Å². The molecule has 24 heavy (non-hydrogen) atoms. The summed E-state index contributed by atoms with van der Waals surface area (Å²) in [4.78, 5) is 18.5. The van der Waals surface area contributed by atoms with E-state index in [1.807, 2.05) is 17.0 Å². The number of benzene rings is 1. The first-order valence-electron chi connectivity index (χ1n) is 8.21. The molecule has 128 valence electrons. The molecule has 1 aliphatic heterocycles. The molecule has 2 aromatic rings. The standard InChI is InChI=1S/C17H21ClN4O2/c1-12-11-22(10-9-19-12)16(23)4-2-3-15-20-17(21-24-15)13-5-7-14(18)8-6-13/h5-8,12,19H,2-4,9-11H2,1H3. The van der Waals surface area contributed by atoms with Crippen LogP contribution < -0.4 is 5.32 Å². The molecule has 6 nitrogen and oxygen atoms in total. The lowest BCUT2D eigenvalue weighted by molar-refractivity contribution is -0.132. The van der Waals surface area contributed by atoms with Gasteiger partial charge >= 0.3 is 0 Å². The zero-order valence-electron chi connectivity index (χ0n) is 13.7. The molecule has 0 aliphatic carbocycles. The van der Waals surface area contributed by atoms with Gasteiger partial charge in [0.15, 0.2) is 0 Å². The van der Waals surface area contributed by atoms with Crippen LogP contribution in [-0.2, 0) is 11.2 Å². The number of rotatable bonds is 5. The van der Waals surface area contributed by atoms with Gasteiger partial charge in [-0.15, -0.1) is 0 Å². The monoisotopic (exact) mass is 348 g/mol. The Labute approximate surface area is 146 Å².